The van der Waals surface area contributed by atoms with Gasteiger partial charge in [-0.3, -0.25) is 0 Å². The van der Waals surface area contributed by atoms with Crippen molar-refractivity contribution in [1.82, 2.24) is 5.32 Å². The first-order valence-corrected chi connectivity index (χ1v) is 7.35. The molecule has 0 aliphatic heterocycles. The molecule has 0 aromatic heterocycles. The van der Waals surface area contributed by atoms with Gasteiger partial charge in [-0.2, -0.15) is 0 Å². The average molecular weight is 287 g/mol. The minimum absolute atomic E-state index is 0.273. The second-order valence-corrected chi connectivity index (χ2v) is 5.27. The van der Waals surface area contributed by atoms with Crippen LogP contribution in [-0.4, -0.2) is 6.54 Å². The molecule has 2 nitrogen and oxygen atoms in total. The first kappa shape index (κ1) is 15.5. The first-order chi connectivity index (χ1) is 10.1. The highest BCUT2D eigenvalue weighted by Gasteiger charge is 2.09. The van der Waals surface area contributed by atoms with E-state index in [1.807, 2.05) is 19.1 Å². The van der Waals surface area contributed by atoms with Crippen LogP contribution in [0, 0.1) is 19.7 Å². The van der Waals surface area contributed by atoms with Crippen LogP contribution >= 0.6 is 0 Å². The average Bonchev–Trinajstić information content (AvgIpc) is 2.47. The fourth-order valence-corrected chi connectivity index (χ4v) is 2.16. The van der Waals surface area contributed by atoms with Crippen LogP contribution in [0.2, 0.25) is 0 Å². The first-order valence-electron chi connectivity index (χ1n) is 7.35. The van der Waals surface area contributed by atoms with Crippen molar-refractivity contribution < 1.29 is 9.13 Å². The Morgan fingerprint density at radius 1 is 1.05 bits per heavy atom. The maximum Gasteiger partial charge on any atom is 0.168 e. The van der Waals surface area contributed by atoms with Gasteiger partial charge in [0.05, 0.1) is 0 Å². The molecule has 0 unspecified atom stereocenters. The van der Waals surface area contributed by atoms with Gasteiger partial charge in [0.1, 0.15) is 5.75 Å². The van der Waals surface area contributed by atoms with E-state index in [4.69, 9.17) is 4.74 Å². The molecule has 112 valence electrons. The summed E-state index contributed by atoms with van der Waals surface area (Å²) < 4.78 is 19.7. The number of nitrogens with one attached hydrogen (secondary N) is 1. The SMILES string of the molecule is CCCNCc1ccc(Oc2cccc(C)c2F)c(C)c1. The zero-order valence-corrected chi connectivity index (χ0v) is 12.9. The third kappa shape index (κ3) is 4.05. The van der Waals surface area contributed by atoms with Crippen molar-refractivity contribution in [1.29, 1.82) is 0 Å². The molecule has 0 aliphatic rings. The van der Waals surface area contributed by atoms with E-state index in [0.717, 1.165) is 25.1 Å². The predicted octanol–water partition coefficient (Wildman–Crippen LogP) is 4.73. The van der Waals surface area contributed by atoms with Gasteiger partial charge in [0, 0.05) is 6.54 Å². The summed E-state index contributed by atoms with van der Waals surface area (Å²) >= 11 is 0. The highest BCUT2D eigenvalue weighted by molar-refractivity contribution is 5.41. The minimum atomic E-state index is -0.300. The summed E-state index contributed by atoms with van der Waals surface area (Å²) in [4.78, 5) is 0. The van der Waals surface area contributed by atoms with E-state index < -0.39 is 0 Å². The zero-order chi connectivity index (χ0) is 15.2. The van der Waals surface area contributed by atoms with E-state index in [2.05, 4.69) is 18.3 Å². The summed E-state index contributed by atoms with van der Waals surface area (Å²) in [5, 5.41) is 3.36. The number of hydrogen-bond acceptors (Lipinski definition) is 2. The predicted molar refractivity (Wildman–Crippen MR) is 84.4 cm³/mol. The van der Waals surface area contributed by atoms with E-state index in [0.29, 0.717) is 11.3 Å². The summed E-state index contributed by atoms with van der Waals surface area (Å²) in [6, 6.07) is 11.2. The Hall–Kier alpha value is -1.87. The van der Waals surface area contributed by atoms with Crippen LogP contribution in [0.3, 0.4) is 0 Å². The number of halogens is 1. The lowest BCUT2D eigenvalue weighted by molar-refractivity contribution is 0.437. The third-order valence-electron chi connectivity index (χ3n) is 3.37. The van der Waals surface area contributed by atoms with E-state index in [1.54, 1.807) is 25.1 Å². The second-order valence-electron chi connectivity index (χ2n) is 5.27. The largest absolute Gasteiger partial charge is 0.454 e. The lowest BCUT2D eigenvalue weighted by Crippen LogP contribution is -2.13. The van der Waals surface area contributed by atoms with E-state index in [9.17, 15) is 4.39 Å². The minimum Gasteiger partial charge on any atom is -0.454 e. The summed E-state index contributed by atoms with van der Waals surface area (Å²) in [7, 11) is 0. The van der Waals surface area contributed by atoms with Crippen molar-refractivity contribution in [3.8, 4) is 11.5 Å². The Morgan fingerprint density at radius 3 is 2.57 bits per heavy atom. The van der Waals surface area contributed by atoms with Gasteiger partial charge in [0.2, 0.25) is 0 Å². The van der Waals surface area contributed by atoms with Crippen molar-refractivity contribution in [3.63, 3.8) is 0 Å². The smallest absolute Gasteiger partial charge is 0.168 e. The zero-order valence-electron chi connectivity index (χ0n) is 12.9. The van der Waals surface area contributed by atoms with Crippen LogP contribution in [0.25, 0.3) is 0 Å². The molecule has 0 amide bonds. The van der Waals surface area contributed by atoms with Gasteiger partial charge < -0.3 is 10.1 Å². The van der Waals surface area contributed by atoms with E-state index >= 15 is 0 Å². The molecule has 2 rings (SSSR count). The fraction of sp³-hybridized carbons (Fsp3) is 0.333. The second kappa shape index (κ2) is 7.23. The Balaban J connectivity index is 2.12. The maximum atomic E-state index is 14.0. The fourth-order valence-electron chi connectivity index (χ4n) is 2.16. The molecule has 2 aromatic carbocycles. The van der Waals surface area contributed by atoms with Crippen LogP contribution in [0.5, 0.6) is 11.5 Å². The van der Waals surface area contributed by atoms with Gasteiger partial charge in [-0.15, -0.1) is 0 Å². The molecule has 0 spiro atoms. The Labute approximate surface area is 126 Å². The molecule has 0 saturated carbocycles. The molecule has 0 bridgehead atoms. The van der Waals surface area contributed by atoms with Crippen LogP contribution in [0.15, 0.2) is 36.4 Å². The Bertz CT molecular complexity index is 610. The van der Waals surface area contributed by atoms with Gasteiger partial charge in [0.15, 0.2) is 11.6 Å². The molecule has 2 aromatic rings. The van der Waals surface area contributed by atoms with Gasteiger partial charge in [-0.1, -0.05) is 31.2 Å². The Kier molecular flexibility index (Phi) is 5.34. The van der Waals surface area contributed by atoms with Crippen LogP contribution in [0.1, 0.15) is 30.0 Å². The summed E-state index contributed by atoms with van der Waals surface area (Å²) in [6.07, 6.45) is 1.12. The van der Waals surface area contributed by atoms with E-state index in [-0.39, 0.29) is 11.6 Å². The normalized spacial score (nSPS) is 10.7. The van der Waals surface area contributed by atoms with Gasteiger partial charge in [-0.05, 0) is 55.6 Å². The molecule has 0 fully saturated rings. The monoisotopic (exact) mass is 287 g/mol. The lowest BCUT2D eigenvalue weighted by atomic mass is 10.1. The molecule has 0 saturated heterocycles. The lowest BCUT2D eigenvalue weighted by Gasteiger charge is -2.12. The van der Waals surface area contributed by atoms with Gasteiger partial charge in [-0.25, -0.2) is 4.39 Å². The van der Waals surface area contributed by atoms with Crippen molar-refractivity contribution >= 4 is 0 Å². The molecule has 21 heavy (non-hydrogen) atoms. The molecule has 0 radical (unpaired) electrons. The maximum absolute atomic E-state index is 14.0. The molecule has 1 N–H and O–H groups in total. The number of rotatable bonds is 6. The summed E-state index contributed by atoms with van der Waals surface area (Å²) in [5.41, 5.74) is 2.80. The number of benzene rings is 2. The highest BCUT2D eigenvalue weighted by atomic mass is 19.1. The summed E-state index contributed by atoms with van der Waals surface area (Å²) in [6.45, 7) is 7.70. The summed E-state index contributed by atoms with van der Waals surface area (Å²) in [5.74, 6) is 0.666. The van der Waals surface area contributed by atoms with Crippen LogP contribution in [0.4, 0.5) is 4.39 Å². The Morgan fingerprint density at radius 2 is 1.86 bits per heavy atom. The number of ether oxygens (including phenoxy) is 1. The topological polar surface area (TPSA) is 21.3 Å². The highest BCUT2D eigenvalue weighted by Crippen LogP contribution is 2.29. The van der Waals surface area contributed by atoms with Gasteiger partial charge in [0.25, 0.3) is 0 Å². The van der Waals surface area contributed by atoms with E-state index in [1.165, 1.54) is 5.56 Å². The number of aryl methyl sites for hydroxylation is 2. The van der Waals surface area contributed by atoms with Gasteiger partial charge >= 0.3 is 0 Å². The molecule has 0 aliphatic carbocycles. The molecular weight excluding hydrogens is 265 g/mol. The molecule has 0 atom stereocenters. The molecular formula is C18H22FNO. The van der Waals surface area contributed by atoms with Crippen molar-refractivity contribution in [3.05, 3.63) is 58.9 Å². The van der Waals surface area contributed by atoms with Crippen molar-refractivity contribution in [2.24, 2.45) is 0 Å². The van der Waals surface area contributed by atoms with Crippen LogP contribution < -0.4 is 10.1 Å². The molecule has 0 heterocycles. The quantitative estimate of drug-likeness (QED) is 0.775. The van der Waals surface area contributed by atoms with Crippen molar-refractivity contribution in [2.75, 3.05) is 6.54 Å². The molecule has 3 heteroatoms. The van der Waals surface area contributed by atoms with Crippen molar-refractivity contribution in [2.45, 2.75) is 33.7 Å². The number of hydrogen-bond donors (Lipinski definition) is 1. The van der Waals surface area contributed by atoms with Crippen LogP contribution in [-0.2, 0) is 6.54 Å². The third-order valence-corrected chi connectivity index (χ3v) is 3.37. The standard InChI is InChI=1S/C18H22FNO/c1-4-10-20-12-15-8-9-16(14(3)11-15)21-17-7-5-6-13(2)18(17)19/h5-9,11,20H,4,10,12H2,1-3H3.